The lowest BCUT2D eigenvalue weighted by Crippen LogP contribution is -2.10. The van der Waals surface area contributed by atoms with E-state index < -0.39 is 11.8 Å². The summed E-state index contributed by atoms with van der Waals surface area (Å²) in [6.07, 6.45) is 31.0. The maximum Gasteiger partial charge on any atom is 0.346 e. The topological polar surface area (TPSA) is 110 Å². The zero-order valence-corrected chi connectivity index (χ0v) is 37.4. The molecule has 4 rings (SSSR count). The van der Waals surface area contributed by atoms with Gasteiger partial charge < -0.3 is 24.4 Å². The number of ether oxygens (including phenoxy) is 3. The average Bonchev–Trinajstić information content (AvgIpc) is 3.27. The Bertz CT molecular complexity index is 1930. The largest absolute Gasteiger partial charge is 0.507 e. The van der Waals surface area contributed by atoms with Crippen molar-refractivity contribution in [3.8, 4) is 28.7 Å². The second-order valence-electron chi connectivity index (χ2n) is 16.3. The fourth-order valence-corrected chi connectivity index (χ4v) is 7.16. The number of carbonyl (C=O) groups excluding carboxylic acids is 1. The highest BCUT2D eigenvalue weighted by Crippen LogP contribution is 2.27. The van der Waals surface area contributed by atoms with Gasteiger partial charge in [0, 0.05) is 35.7 Å². The second kappa shape index (κ2) is 30.0. The van der Waals surface area contributed by atoms with E-state index in [9.17, 15) is 19.4 Å². The molecule has 0 aliphatic carbocycles. The van der Waals surface area contributed by atoms with Crippen LogP contribution in [-0.4, -0.2) is 41.8 Å². The molecule has 0 unspecified atom stereocenters. The minimum absolute atomic E-state index is 0.00393. The Balaban J connectivity index is 1.16. The Morgan fingerprint density at radius 2 is 0.887 bits per heavy atom. The van der Waals surface area contributed by atoms with Crippen LogP contribution in [0.3, 0.4) is 0 Å². The van der Waals surface area contributed by atoms with E-state index in [1.807, 2.05) is 6.07 Å². The number of hydrogen-bond donors (Lipinski definition) is 2. The number of halogens is 1. The van der Waals surface area contributed by atoms with Gasteiger partial charge >= 0.3 is 5.97 Å². The van der Waals surface area contributed by atoms with Crippen molar-refractivity contribution in [1.82, 2.24) is 0 Å². The third-order valence-corrected chi connectivity index (χ3v) is 11.0. The first-order chi connectivity index (χ1) is 30.4. The van der Waals surface area contributed by atoms with Crippen LogP contribution in [-0.2, 0) is 0 Å². The normalized spacial score (nSPS) is 11.5. The summed E-state index contributed by atoms with van der Waals surface area (Å²) in [5.41, 5.74) is 1.59. The molecule has 8 nitrogen and oxygen atoms in total. The smallest absolute Gasteiger partial charge is 0.346 e. The van der Waals surface area contributed by atoms with E-state index in [1.165, 1.54) is 134 Å². The van der Waals surface area contributed by atoms with Crippen LogP contribution in [0.4, 0.5) is 15.8 Å². The van der Waals surface area contributed by atoms with Crippen molar-refractivity contribution in [1.29, 1.82) is 0 Å². The lowest BCUT2D eigenvalue weighted by atomic mass is 10.1. The van der Waals surface area contributed by atoms with Gasteiger partial charge in [-0.2, -0.15) is 0 Å². The third kappa shape index (κ3) is 19.7. The van der Waals surface area contributed by atoms with E-state index in [-0.39, 0.29) is 22.8 Å². The van der Waals surface area contributed by atoms with Crippen LogP contribution in [0, 0.1) is 5.82 Å². The van der Waals surface area contributed by atoms with Gasteiger partial charge in [0.25, 0.3) is 0 Å². The monoisotopic (exact) mass is 851 g/mol. The van der Waals surface area contributed by atoms with Crippen LogP contribution in [0.25, 0.3) is 0 Å². The molecule has 0 saturated carbocycles. The predicted molar refractivity (Wildman–Crippen MR) is 252 cm³/mol. The number of unbranched alkanes of at least 4 members (excludes halogenated alkanes) is 20. The Morgan fingerprint density at radius 3 is 1.32 bits per heavy atom. The number of benzene rings is 4. The number of carbonyl (C=O) groups is 1. The molecule has 4 aromatic rings. The molecule has 0 aliphatic heterocycles. The van der Waals surface area contributed by atoms with Gasteiger partial charge in [0.2, 0.25) is 0 Å². The number of phenols is 2. The molecule has 62 heavy (non-hydrogen) atoms. The van der Waals surface area contributed by atoms with Gasteiger partial charge in [-0.1, -0.05) is 142 Å². The molecule has 9 heteroatoms. The van der Waals surface area contributed by atoms with E-state index in [0.29, 0.717) is 47.2 Å². The second-order valence-corrected chi connectivity index (χ2v) is 16.3. The molecule has 0 aromatic heterocycles. The first-order valence-corrected chi connectivity index (χ1v) is 23.5. The molecule has 0 heterocycles. The molecular formula is C53H71FN2O6. The van der Waals surface area contributed by atoms with Crippen molar-refractivity contribution in [2.75, 3.05) is 13.2 Å². The van der Waals surface area contributed by atoms with Gasteiger partial charge in [0.15, 0.2) is 0 Å². The molecule has 0 spiro atoms. The Kier molecular flexibility index (Phi) is 23.9. The van der Waals surface area contributed by atoms with E-state index in [0.717, 1.165) is 31.7 Å². The summed E-state index contributed by atoms with van der Waals surface area (Å²) < 4.78 is 31.9. The summed E-state index contributed by atoms with van der Waals surface area (Å²) in [5, 5.41) is 21.2. The number of nitrogens with zero attached hydrogens (tertiary/aromatic N) is 2. The minimum atomic E-state index is -0.881. The molecule has 0 fully saturated rings. The summed E-state index contributed by atoms with van der Waals surface area (Å²) in [6, 6.07) is 20.5. The van der Waals surface area contributed by atoms with E-state index in [1.54, 1.807) is 60.8 Å². The fourth-order valence-electron chi connectivity index (χ4n) is 7.16. The molecule has 336 valence electrons. The first-order valence-electron chi connectivity index (χ1n) is 23.5. The summed E-state index contributed by atoms with van der Waals surface area (Å²) >= 11 is 0. The predicted octanol–water partition coefficient (Wildman–Crippen LogP) is 15.3. The highest BCUT2D eigenvalue weighted by Gasteiger charge is 2.15. The molecule has 0 saturated heterocycles. The van der Waals surface area contributed by atoms with Crippen molar-refractivity contribution in [3.63, 3.8) is 0 Å². The summed E-state index contributed by atoms with van der Waals surface area (Å²) in [6.45, 7) is 5.70. The van der Waals surface area contributed by atoms with Crippen LogP contribution >= 0.6 is 0 Å². The van der Waals surface area contributed by atoms with Gasteiger partial charge in [-0.25, -0.2) is 9.18 Å². The van der Waals surface area contributed by atoms with Gasteiger partial charge in [-0.15, -0.1) is 0 Å². The van der Waals surface area contributed by atoms with Crippen LogP contribution in [0.1, 0.15) is 177 Å². The molecule has 0 atom stereocenters. The molecule has 0 radical (unpaired) electrons. The van der Waals surface area contributed by atoms with Crippen LogP contribution in [0.5, 0.6) is 28.7 Å². The van der Waals surface area contributed by atoms with Crippen molar-refractivity contribution in [2.45, 2.75) is 155 Å². The SMILES string of the molecule is CCCCCCCCCCCCCOc1ccc(C=Nc2ccc(OC(=O)c3cc(N=Cc4ccc(OCCCCCCCCCCCCC)cc4O)ccc3F)cc2)c(O)c1. The zero-order chi connectivity index (χ0) is 44.0. The summed E-state index contributed by atoms with van der Waals surface area (Å²) in [7, 11) is 0. The van der Waals surface area contributed by atoms with Gasteiger partial charge in [-0.05, 0) is 79.6 Å². The lowest BCUT2D eigenvalue weighted by Gasteiger charge is -2.08. The Morgan fingerprint density at radius 1 is 0.500 bits per heavy atom. The number of hydrogen-bond acceptors (Lipinski definition) is 8. The standard InChI is InChI=1S/C53H71FN2O6/c1-3-5-7-9-11-13-15-17-19-21-23-35-60-47-30-25-42(51(57)38-47)40-55-44-27-32-46(33-28-44)62-53(59)49-37-45(29-34-50(49)54)56-41-43-26-31-48(39-52(43)58)61-36-24-22-20-18-16-14-12-10-8-6-4-2/h25-34,37-41,57-58H,3-24,35-36H2,1-2H3. The zero-order valence-electron chi connectivity index (χ0n) is 37.4. The average molecular weight is 851 g/mol. The highest BCUT2D eigenvalue weighted by molar-refractivity contribution is 5.93. The van der Waals surface area contributed by atoms with E-state index >= 15 is 0 Å². The van der Waals surface area contributed by atoms with Crippen molar-refractivity contribution in [2.24, 2.45) is 9.98 Å². The van der Waals surface area contributed by atoms with Crippen molar-refractivity contribution < 1.29 is 33.6 Å². The van der Waals surface area contributed by atoms with Gasteiger partial charge in [0.05, 0.1) is 30.2 Å². The Labute approximate surface area is 370 Å². The summed E-state index contributed by atoms with van der Waals surface area (Å²) in [5.74, 6) is -0.154. The van der Waals surface area contributed by atoms with Gasteiger partial charge in [0.1, 0.15) is 34.6 Å². The molecule has 2 N–H and O–H groups in total. The third-order valence-electron chi connectivity index (χ3n) is 11.0. The first kappa shape index (κ1) is 49.5. The van der Waals surface area contributed by atoms with Crippen molar-refractivity contribution in [3.05, 3.63) is 101 Å². The Hall–Kier alpha value is -5.18. The molecule has 0 amide bonds. The quantitative estimate of drug-likeness (QED) is 0.0219. The van der Waals surface area contributed by atoms with Crippen molar-refractivity contribution >= 4 is 29.8 Å². The molecular weight excluding hydrogens is 780 g/mol. The number of aliphatic imine (C=N–C) groups is 2. The fraction of sp³-hybridized carbons (Fsp3) is 0.491. The minimum Gasteiger partial charge on any atom is -0.507 e. The number of aromatic hydroxyl groups is 2. The summed E-state index contributed by atoms with van der Waals surface area (Å²) in [4.78, 5) is 21.8. The molecule has 4 aromatic carbocycles. The molecule has 0 bridgehead atoms. The van der Waals surface area contributed by atoms with Crippen LogP contribution < -0.4 is 14.2 Å². The van der Waals surface area contributed by atoms with Gasteiger partial charge in [-0.3, -0.25) is 9.98 Å². The maximum absolute atomic E-state index is 14.8. The number of phenolic OH excluding ortho intramolecular Hbond substituents is 2. The molecule has 0 aliphatic rings. The highest BCUT2D eigenvalue weighted by atomic mass is 19.1. The van der Waals surface area contributed by atoms with E-state index in [2.05, 4.69) is 23.8 Å². The number of rotatable bonds is 32. The van der Waals surface area contributed by atoms with E-state index in [4.69, 9.17) is 14.2 Å². The number of esters is 1. The van der Waals surface area contributed by atoms with Crippen LogP contribution in [0.2, 0.25) is 0 Å². The lowest BCUT2D eigenvalue weighted by molar-refractivity contribution is 0.0730. The van der Waals surface area contributed by atoms with Crippen LogP contribution in [0.15, 0.2) is 88.8 Å². The maximum atomic E-state index is 14.8.